The monoisotopic (exact) mass is 300 g/mol. The van der Waals surface area contributed by atoms with Gasteiger partial charge in [0.1, 0.15) is 5.54 Å². The van der Waals surface area contributed by atoms with Crippen LogP contribution in [0.1, 0.15) is 10.4 Å². The minimum atomic E-state index is -1.63. The maximum absolute atomic E-state index is 12.1. The van der Waals surface area contributed by atoms with E-state index in [1.54, 1.807) is 0 Å². The molecule has 0 aliphatic rings. The number of aliphatic hydroxyl groups excluding tert-OH is 3. The Morgan fingerprint density at radius 1 is 1.33 bits per heavy atom. The number of amides is 1. The summed E-state index contributed by atoms with van der Waals surface area (Å²) in [4.78, 5) is 22.3. The van der Waals surface area contributed by atoms with Gasteiger partial charge in [-0.15, -0.1) is 0 Å². The molecule has 1 aromatic carbocycles. The maximum atomic E-state index is 12.1. The number of nitrogens with zero attached hydrogens (tertiary/aromatic N) is 1. The Kier molecular flexibility index (Phi) is 5.59. The van der Waals surface area contributed by atoms with Crippen molar-refractivity contribution in [2.24, 2.45) is 0 Å². The summed E-state index contributed by atoms with van der Waals surface area (Å²) in [6.07, 6.45) is 0. The smallest absolute Gasteiger partial charge is 0.311 e. The molecule has 1 aromatic rings. The van der Waals surface area contributed by atoms with Gasteiger partial charge in [-0.1, -0.05) is 6.07 Å². The van der Waals surface area contributed by atoms with Gasteiger partial charge in [0.05, 0.1) is 37.4 Å². The van der Waals surface area contributed by atoms with Crippen LogP contribution in [0.4, 0.5) is 5.69 Å². The Morgan fingerprint density at radius 2 is 1.90 bits per heavy atom. The van der Waals surface area contributed by atoms with Gasteiger partial charge in [-0.2, -0.15) is 0 Å². The Labute approximate surface area is 119 Å². The maximum Gasteiger partial charge on any atom is 0.311 e. The van der Waals surface area contributed by atoms with Crippen molar-refractivity contribution >= 4 is 11.6 Å². The van der Waals surface area contributed by atoms with Crippen LogP contribution in [0.2, 0.25) is 0 Å². The second-order valence-electron chi connectivity index (χ2n) is 4.32. The molecule has 1 rings (SSSR count). The van der Waals surface area contributed by atoms with E-state index in [0.29, 0.717) is 0 Å². The van der Waals surface area contributed by atoms with Gasteiger partial charge in [-0.3, -0.25) is 14.9 Å². The summed E-state index contributed by atoms with van der Waals surface area (Å²) in [6, 6.07) is 3.76. The van der Waals surface area contributed by atoms with Crippen molar-refractivity contribution in [3.8, 4) is 5.75 Å². The van der Waals surface area contributed by atoms with Crippen molar-refractivity contribution in [3.63, 3.8) is 0 Å². The highest BCUT2D eigenvalue weighted by Crippen LogP contribution is 2.30. The number of hydrogen-bond donors (Lipinski definition) is 4. The van der Waals surface area contributed by atoms with Crippen molar-refractivity contribution in [1.82, 2.24) is 5.32 Å². The van der Waals surface area contributed by atoms with Crippen molar-refractivity contribution in [2.75, 3.05) is 26.9 Å². The van der Waals surface area contributed by atoms with E-state index in [9.17, 15) is 14.9 Å². The van der Waals surface area contributed by atoms with Gasteiger partial charge in [-0.25, -0.2) is 0 Å². The number of para-hydroxylation sites is 1. The first-order valence-corrected chi connectivity index (χ1v) is 5.91. The third-order valence-corrected chi connectivity index (χ3v) is 2.93. The van der Waals surface area contributed by atoms with Crippen LogP contribution in [0, 0.1) is 10.1 Å². The number of carbonyl (C=O) groups is 1. The highest BCUT2D eigenvalue weighted by molar-refractivity contribution is 5.98. The lowest BCUT2D eigenvalue weighted by Crippen LogP contribution is -2.57. The van der Waals surface area contributed by atoms with E-state index in [1.807, 2.05) is 0 Å². The molecule has 9 heteroatoms. The summed E-state index contributed by atoms with van der Waals surface area (Å²) in [5.41, 5.74) is -2.17. The number of rotatable bonds is 7. The lowest BCUT2D eigenvalue weighted by molar-refractivity contribution is -0.385. The fourth-order valence-corrected chi connectivity index (χ4v) is 1.64. The standard InChI is InChI=1S/C12H16N2O7/c1-21-10-8(3-2-4-9(10)14(19)20)11(18)13-12(5-15,6-16)7-17/h2-4,15-17H,5-7H2,1H3,(H,13,18). The molecule has 116 valence electrons. The molecule has 0 spiro atoms. The molecule has 0 radical (unpaired) electrons. The number of benzene rings is 1. The summed E-state index contributed by atoms with van der Waals surface area (Å²) in [5, 5.41) is 40.6. The largest absolute Gasteiger partial charge is 0.490 e. The van der Waals surface area contributed by atoms with Crippen LogP contribution in [-0.4, -0.2) is 58.6 Å². The molecular weight excluding hydrogens is 284 g/mol. The second-order valence-corrected chi connectivity index (χ2v) is 4.32. The predicted octanol–water partition coefficient (Wildman–Crippen LogP) is -0.951. The lowest BCUT2D eigenvalue weighted by Gasteiger charge is -2.28. The number of nitro benzene ring substituents is 1. The second kappa shape index (κ2) is 6.97. The fraction of sp³-hybridized carbons (Fsp3) is 0.417. The molecule has 0 unspecified atom stereocenters. The Hall–Kier alpha value is -2.23. The quantitative estimate of drug-likeness (QED) is 0.375. The number of ether oxygens (including phenoxy) is 1. The first kappa shape index (κ1) is 16.8. The molecule has 4 N–H and O–H groups in total. The number of aliphatic hydroxyl groups is 3. The molecule has 1 amide bonds. The summed E-state index contributed by atoms with van der Waals surface area (Å²) >= 11 is 0. The minimum absolute atomic E-state index is 0.147. The molecule has 0 atom stereocenters. The van der Waals surface area contributed by atoms with E-state index in [0.717, 1.165) is 0 Å². The lowest BCUT2D eigenvalue weighted by atomic mass is 10.0. The highest BCUT2D eigenvalue weighted by Gasteiger charge is 2.32. The molecule has 0 fully saturated rings. The van der Waals surface area contributed by atoms with Crippen molar-refractivity contribution in [3.05, 3.63) is 33.9 Å². The van der Waals surface area contributed by atoms with E-state index in [2.05, 4.69) is 5.32 Å². The molecule has 0 aliphatic carbocycles. The molecule has 0 aliphatic heterocycles. The zero-order chi connectivity index (χ0) is 16.0. The van der Waals surface area contributed by atoms with E-state index in [1.165, 1.54) is 25.3 Å². The first-order valence-electron chi connectivity index (χ1n) is 5.91. The molecule has 0 heterocycles. The van der Waals surface area contributed by atoms with E-state index >= 15 is 0 Å². The number of methoxy groups -OCH3 is 1. The van der Waals surface area contributed by atoms with Gasteiger partial charge in [0.15, 0.2) is 0 Å². The SMILES string of the molecule is COc1c(C(=O)NC(CO)(CO)CO)cccc1[N+](=O)[O-]. The van der Waals surface area contributed by atoms with Gasteiger partial charge in [-0.05, 0) is 6.07 Å². The minimum Gasteiger partial charge on any atom is -0.490 e. The van der Waals surface area contributed by atoms with Gasteiger partial charge < -0.3 is 25.4 Å². The van der Waals surface area contributed by atoms with Gasteiger partial charge in [0, 0.05) is 6.07 Å². The first-order chi connectivity index (χ1) is 9.94. The third-order valence-electron chi connectivity index (χ3n) is 2.93. The van der Waals surface area contributed by atoms with Gasteiger partial charge in [0.2, 0.25) is 5.75 Å². The highest BCUT2D eigenvalue weighted by atomic mass is 16.6. The van der Waals surface area contributed by atoms with Crippen LogP contribution in [0.5, 0.6) is 5.75 Å². The molecule has 0 saturated heterocycles. The normalized spacial score (nSPS) is 11.0. The predicted molar refractivity (Wildman–Crippen MR) is 71.1 cm³/mol. The van der Waals surface area contributed by atoms with Crippen molar-refractivity contribution < 1.29 is 29.8 Å². The van der Waals surface area contributed by atoms with Crippen LogP contribution in [-0.2, 0) is 0 Å². The number of nitro groups is 1. The fourth-order valence-electron chi connectivity index (χ4n) is 1.64. The average molecular weight is 300 g/mol. The Bertz CT molecular complexity index is 520. The zero-order valence-corrected chi connectivity index (χ0v) is 11.3. The Morgan fingerprint density at radius 3 is 2.33 bits per heavy atom. The Balaban J connectivity index is 3.19. The van der Waals surface area contributed by atoms with Crippen molar-refractivity contribution in [1.29, 1.82) is 0 Å². The van der Waals surface area contributed by atoms with E-state index in [-0.39, 0.29) is 11.3 Å². The van der Waals surface area contributed by atoms with E-state index < -0.39 is 41.9 Å². The molecule has 9 nitrogen and oxygen atoms in total. The van der Waals surface area contributed by atoms with Crippen LogP contribution in [0.15, 0.2) is 18.2 Å². The number of nitrogens with one attached hydrogen (secondary N) is 1. The van der Waals surface area contributed by atoms with Gasteiger partial charge in [0.25, 0.3) is 5.91 Å². The van der Waals surface area contributed by atoms with Crippen LogP contribution >= 0.6 is 0 Å². The molecule has 0 saturated carbocycles. The summed E-state index contributed by atoms with van der Waals surface area (Å²) < 4.78 is 4.88. The summed E-state index contributed by atoms with van der Waals surface area (Å²) in [6.45, 7) is -2.12. The van der Waals surface area contributed by atoms with E-state index in [4.69, 9.17) is 20.1 Å². The average Bonchev–Trinajstić information content (AvgIpc) is 2.51. The van der Waals surface area contributed by atoms with Crippen LogP contribution in [0.3, 0.4) is 0 Å². The van der Waals surface area contributed by atoms with Crippen LogP contribution in [0.25, 0.3) is 0 Å². The van der Waals surface area contributed by atoms with Crippen LogP contribution < -0.4 is 10.1 Å². The summed E-state index contributed by atoms with van der Waals surface area (Å²) in [7, 11) is 1.18. The molecule has 0 aromatic heterocycles. The number of hydrogen-bond acceptors (Lipinski definition) is 7. The number of carbonyl (C=O) groups excluding carboxylic acids is 1. The molecular formula is C12H16N2O7. The van der Waals surface area contributed by atoms with Crippen molar-refractivity contribution in [2.45, 2.75) is 5.54 Å². The zero-order valence-electron chi connectivity index (χ0n) is 11.3. The van der Waals surface area contributed by atoms with Gasteiger partial charge >= 0.3 is 5.69 Å². The molecule has 0 bridgehead atoms. The topological polar surface area (TPSA) is 142 Å². The molecule has 21 heavy (non-hydrogen) atoms. The third kappa shape index (κ3) is 3.45. The summed E-state index contributed by atoms with van der Waals surface area (Å²) in [5.74, 6) is -1.07.